The van der Waals surface area contributed by atoms with Gasteiger partial charge in [-0.3, -0.25) is 9.59 Å². The second kappa shape index (κ2) is 11.5. The second-order valence-corrected chi connectivity index (χ2v) is 7.84. The number of ether oxygens (including phenoxy) is 1. The molecule has 2 N–H and O–H groups in total. The van der Waals surface area contributed by atoms with Crippen LogP contribution in [0.25, 0.3) is 0 Å². The molecule has 0 unspecified atom stereocenters. The highest BCUT2D eigenvalue weighted by Crippen LogP contribution is 2.22. The van der Waals surface area contributed by atoms with E-state index in [0.717, 1.165) is 11.1 Å². The van der Waals surface area contributed by atoms with Gasteiger partial charge in [-0.05, 0) is 53.6 Å². The van der Waals surface area contributed by atoms with Crippen molar-refractivity contribution in [2.24, 2.45) is 5.10 Å². The van der Waals surface area contributed by atoms with Crippen LogP contribution in [-0.4, -0.2) is 24.6 Å². The molecule has 0 spiro atoms. The summed E-state index contributed by atoms with van der Waals surface area (Å²) in [7, 11) is 0. The van der Waals surface area contributed by atoms with Crippen LogP contribution in [0.3, 0.4) is 0 Å². The van der Waals surface area contributed by atoms with Gasteiger partial charge < -0.3 is 10.1 Å². The molecule has 0 saturated carbocycles. The first kappa shape index (κ1) is 23.6. The van der Waals surface area contributed by atoms with Gasteiger partial charge in [0.05, 0.1) is 22.8 Å². The topological polar surface area (TPSA) is 79.8 Å². The normalized spacial score (nSPS) is 10.7. The smallest absolute Gasteiger partial charge is 0.259 e. The van der Waals surface area contributed by atoms with Gasteiger partial charge in [0.1, 0.15) is 12.4 Å². The first-order valence-corrected chi connectivity index (χ1v) is 10.6. The number of carbonyl (C=O) groups is 2. The molecule has 0 aliphatic carbocycles. The summed E-state index contributed by atoms with van der Waals surface area (Å²) in [6.45, 7) is 0.147. The summed E-state index contributed by atoms with van der Waals surface area (Å²) in [6.07, 6.45) is 1.48. The zero-order chi connectivity index (χ0) is 22.9. The highest BCUT2D eigenvalue weighted by Gasteiger charge is 2.09. The summed E-state index contributed by atoms with van der Waals surface area (Å²) in [6, 6.07) is 19.1. The number of hydrazone groups is 1. The van der Waals surface area contributed by atoms with Crippen LogP contribution in [-0.2, 0) is 11.4 Å². The molecule has 0 radical (unpaired) electrons. The summed E-state index contributed by atoms with van der Waals surface area (Å²) in [5.74, 6) is -0.276. The average molecular weight is 491 g/mol. The second-order valence-electron chi connectivity index (χ2n) is 6.59. The molecule has 164 valence electrons. The van der Waals surface area contributed by atoms with Gasteiger partial charge in [-0.25, -0.2) is 5.43 Å². The molecule has 3 aromatic carbocycles. The Labute approximate surface area is 200 Å². The Balaban J connectivity index is 1.46. The molecule has 0 bridgehead atoms. The number of amides is 2. The lowest BCUT2D eigenvalue weighted by Gasteiger charge is -2.07. The van der Waals surface area contributed by atoms with Gasteiger partial charge in [0.15, 0.2) is 0 Å². The Morgan fingerprint density at radius 2 is 1.72 bits per heavy atom. The Morgan fingerprint density at radius 1 is 0.938 bits per heavy atom. The summed E-state index contributed by atoms with van der Waals surface area (Å²) in [5, 5.41) is 7.66. The predicted molar refractivity (Wildman–Crippen MR) is 127 cm³/mol. The van der Waals surface area contributed by atoms with E-state index in [1.807, 2.05) is 30.3 Å². The Morgan fingerprint density at radius 3 is 2.47 bits per heavy atom. The lowest BCUT2D eigenvalue weighted by molar-refractivity contribution is -0.120. The standard InChI is InChI=1S/C23H18Cl3N3O3/c24-18-7-4-15(5-8-18)14-32-19-3-1-2-16(10-19)12-28-29-22(30)13-27-23(31)17-6-9-20(25)21(26)11-17/h1-12H,13-14H2,(H,27,31)(H,29,30)/b28-12-. The van der Waals surface area contributed by atoms with Crippen molar-refractivity contribution >= 4 is 52.8 Å². The Bertz CT molecular complexity index is 1130. The van der Waals surface area contributed by atoms with E-state index < -0.39 is 11.8 Å². The molecule has 0 aliphatic rings. The van der Waals surface area contributed by atoms with Gasteiger partial charge in [-0.1, -0.05) is 59.1 Å². The minimum atomic E-state index is -0.482. The fraction of sp³-hybridized carbons (Fsp3) is 0.0870. The van der Waals surface area contributed by atoms with Gasteiger partial charge in [-0.15, -0.1) is 0 Å². The third-order valence-electron chi connectivity index (χ3n) is 4.17. The molecule has 32 heavy (non-hydrogen) atoms. The maximum Gasteiger partial charge on any atom is 0.259 e. The van der Waals surface area contributed by atoms with Crippen molar-refractivity contribution in [2.45, 2.75) is 6.61 Å². The van der Waals surface area contributed by atoms with E-state index in [2.05, 4.69) is 15.8 Å². The maximum absolute atomic E-state index is 12.1. The molecule has 0 aromatic heterocycles. The van der Waals surface area contributed by atoms with Crippen molar-refractivity contribution < 1.29 is 14.3 Å². The van der Waals surface area contributed by atoms with Crippen molar-refractivity contribution in [2.75, 3.05) is 6.54 Å². The molecule has 0 saturated heterocycles. The largest absolute Gasteiger partial charge is 0.489 e. The van der Waals surface area contributed by atoms with E-state index in [1.54, 1.807) is 18.2 Å². The number of hydrogen-bond acceptors (Lipinski definition) is 4. The first-order chi connectivity index (χ1) is 15.4. The van der Waals surface area contributed by atoms with Gasteiger partial charge in [0, 0.05) is 10.6 Å². The van der Waals surface area contributed by atoms with E-state index in [0.29, 0.717) is 28.0 Å². The van der Waals surface area contributed by atoms with Crippen LogP contribution in [0.4, 0.5) is 0 Å². The number of hydrogen-bond donors (Lipinski definition) is 2. The van der Waals surface area contributed by atoms with Crippen LogP contribution in [0.1, 0.15) is 21.5 Å². The molecule has 9 heteroatoms. The zero-order valence-corrected chi connectivity index (χ0v) is 18.9. The summed E-state index contributed by atoms with van der Waals surface area (Å²) < 4.78 is 5.77. The van der Waals surface area contributed by atoms with E-state index in [4.69, 9.17) is 39.5 Å². The predicted octanol–water partition coefficient (Wildman–Crippen LogP) is 5.11. The van der Waals surface area contributed by atoms with Gasteiger partial charge in [-0.2, -0.15) is 5.10 Å². The third kappa shape index (κ3) is 7.27. The van der Waals surface area contributed by atoms with Crippen molar-refractivity contribution in [1.82, 2.24) is 10.7 Å². The fourth-order valence-corrected chi connectivity index (χ4v) is 2.97. The molecular weight excluding hydrogens is 473 g/mol. The van der Waals surface area contributed by atoms with Crippen LogP contribution in [0, 0.1) is 0 Å². The lowest BCUT2D eigenvalue weighted by Crippen LogP contribution is -2.34. The fourth-order valence-electron chi connectivity index (χ4n) is 2.55. The number of nitrogens with zero attached hydrogens (tertiary/aromatic N) is 1. The van der Waals surface area contributed by atoms with E-state index in [9.17, 15) is 9.59 Å². The van der Waals surface area contributed by atoms with Crippen LogP contribution in [0.5, 0.6) is 5.75 Å². The zero-order valence-electron chi connectivity index (χ0n) is 16.6. The SMILES string of the molecule is O=C(CNC(=O)c1ccc(Cl)c(Cl)c1)N/N=C\c1cccc(OCc2ccc(Cl)cc2)c1. The van der Waals surface area contributed by atoms with Crippen molar-refractivity contribution in [1.29, 1.82) is 0 Å². The minimum absolute atomic E-state index is 0.249. The molecule has 0 aliphatic heterocycles. The molecule has 3 aromatic rings. The molecular formula is C23H18Cl3N3O3. The highest BCUT2D eigenvalue weighted by atomic mass is 35.5. The van der Waals surface area contributed by atoms with Crippen LogP contribution < -0.4 is 15.5 Å². The van der Waals surface area contributed by atoms with Crippen LogP contribution in [0.15, 0.2) is 71.8 Å². The van der Waals surface area contributed by atoms with E-state index in [-0.39, 0.29) is 11.6 Å². The minimum Gasteiger partial charge on any atom is -0.489 e. The number of nitrogens with one attached hydrogen (secondary N) is 2. The van der Waals surface area contributed by atoms with Crippen LogP contribution >= 0.6 is 34.8 Å². The van der Waals surface area contributed by atoms with E-state index >= 15 is 0 Å². The summed E-state index contributed by atoms with van der Waals surface area (Å²) in [5.41, 5.74) is 4.38. The van der Waals surface area contributed by atoms with Crippen molar-refractivity contribution in [3.63, 3.8) is 0 Å². The lowest BCUT2D eigenvalue weighted by atomic mass is 10.2. The average Bonchev–Trinajstić information content (AvgIpc) is 2.79. The van der Waals surface area contributed by atoms with Crippen LogP contribution in [0.2, 0.25) is 15.1 Å². The number of carbonyl (C=O) groups excluding carboxylic acids is 2. The highest BCUT2D eigenvalue weighted by molar-refractivity contribution is 6.42. The molecule has 3 rings (SSSR count). The van der Waals surface area contributed by atoms with Crippen molar-refractivity contribution in [3.8, 4) is 5.75 Å². The van der Waals surface area contributed by atoms with E-state index in [1.165, 1.54) is 24.4 Å². The molecule has 0 atom stereocenters. The van der Waals surface area contributed by atoms with Gasteiger partial charge in [0.2, 0.25) is 0 Å². The third-order valence-corrected chi connectivity index (χ3v) is 5.16. The van der Waals surface area contributed by atoms with Gasteiger partial charge >= 0.3 is 0 Å². The molecule has 6 nitrogen and oxygen atoms in total. The summed E-state index contributed by atoms with van der Waals surface area (Å²) in [4.78, 5) is 24.0. The van der Waals surface area contributed by atoms with Gasteiger partial charge in [0.25, 0.3) is 11.8 Å². The maximum atomic E-state index is 12.1. The summed E-state index contributed by atoms with van der Waals surface area (Å²) >= 11 is 17.6. The van der Waals surface area contributed by atoms with Crippen molar-refractivity contribution in [3.05, 3.63) is 98.5 Å². The first-order valence-electron chi connectivity index (χ1n) is 9.43. The Hall–Kier alpha value is -3.06. The number of halogens is 3. The Kier molecular flexibility index (Phi) is 8.50. The number of benzene rings is 3. The monoisotopic (exact) mass is 489 g/mol. The molecule has 0 fully saturated rings. The molecule has 0 heterocycles. The molecule has 2 amide bonds. The number of rotatable bonds is 8. The quantitative estimate of drug-likeness (QED) is 0.340.